The van der Waals surface area contributed by atoms with Crippen molar-refractivity contribution in [1.29, 1.82) is 0 Å². The maximum absolute atomic E-state index is 4.49. The van der Waals surface area contributed by atoms with Crippen molar-refractivity contribution in [2.45, 2.75) is 25.8 Å². The quantitative estimate of drug-likeness (QED) is 0.809. The van der Waals surface area contributed by atoms with Crippen LogP contribution in [0.1, 0.15) is 18.9 Å². The largest absolute Gasteiger partial charge is 0.355 e. The van der Waals surface area contributed by atoms with Gasteiger partial charge < -0.3 is 10.2 Å². The molecule has 82 valence electrons. The van der Waals surface area contributed by atoms with Gasteiger partial charge in [-0.1, -0.05) is 13.0 Å². The van der Waals surface area contributed by atoms with E-state index in [9.17, 15) is 0 Å². The van der Waals surface area contributed by atoms with Gasteiger partial charge >= 0.3 is 0 Å². The lowest BCUT2D eigenvalue weighted by Crippen LogP contribution is -2.33. The smallest absolute Gasteiger partial charge is 0.128 e. The van der Waals surface area contributed by atoms with E-state index in [1.807, 2.05) is 6.20 Å². The second-order valence-corrected chi connectivity index (χ2v) is 4.14. The fourth-order valence-electron chi connectivity index (χ4n) is 1.99. The van der Waals surface area contributed by atoms with Gasteiger partial charge in [-0.2, -0.15) is 0 Å². The number of nitrogens with zero attached hydrogens (tertiary/aromatic N) is 2. The number of nitrogens with one attached hydrogen (secondary N) is 1. The van der Waals surface area contributed by atoms with Crippen molar-refractivity contribution in [2.24, 2.45) is 0 Å². The monoisotopic (exact) mass is 205 g/mol. The number of aromatic nitrogens is 1. The van der Waals surface area contributed by atoms with Gasteiger partial charge in [-0.15, -0.1) is 0 Å². The number of rotatable bonds is 3. The zero-order valence-electron chi connectivity index (χ0n) is 9.53. The Morgan fingerprint density at radius 2 is 2.40 bits per heavy atom. The van der Waals surface area contributed by atoms with Crippen LogP contribution in [-0.4, -0.2) is 31.2 Å². The van der Waals surface area contributed by atoms with E-state index in [1.54, 1.807) is 0 Å². The maximum atomic E-state index is 4.49. The Hall–Kier alpha value is -1.09. The Morgan fingerprint density at radius 1 is 1.53 bits per heavy atom. The first-order chi connectivity index (χ1) is 7.31. The molecule has 1 aliphatic heterocycles. The summed E-state index contributed by atoms with van der Waals surface area (Å²) < 4.78 is 0. The third kappa shape index (κ3) is 2.29. The van der Waals surface area contributed by atoms with Gasteiger partial charge in [0.15, 0.2) is 0 Å². The predicted molar refractivity (Wildman–Crippen MR) is 63.3 cm³/mol. The molecular weight excluding hydrogens is 186 g/mol. The second kappa shape index (κ2) is 4.62. The van der Waals surface area contributed by atoms with E-state index in [0.717, 1.165) is 25.3 Å². The molecule has 0 aromatic carbocycles. The van der Waals surface area contributed by atoms with Crippen LogP contribution in [0, 0.1) is 0 Å². The highest BCUT2D eigenvalue weighted by molar-refractivity contribution is 5.40. The molecule has 1 aromatic heterocycles. The first-order valence-electron chi connectivity index (χ1n) is 5.69. The van der Waals surface area contributed by atoms with Gasteiger partial charge in [-0.25, -0.2) is 4.98 Å². The fourth-order valence-corrected chi connectivity index (χ4v) is 1.99. The van der Waals surface area contributed by atoms with Crippen LogP contribution in [0.5, 0.6) is 0 Å². The Balaban J connectivity index is 2.07. The summed E-state index contributed by atoms with van der Waals surface area (Å²) in [5.41, 5.74) is 1.30. The molecule has 2 heterocycles. The average Bonchev–Trinajstić information content (AvgIpc) is 2.82. The summed E-state index contributed by atoms with van der Waals surface area (Å²) >= 11 is 0. The van der Waals surface area contributed by atoms with E-state index >= 15 is 0 Å². The molecule has 3 heteroatoms. The number of pyridine rings is 1. The van der Waals surface area contributed by atoms with Crippen molar-refractivity contribution in [3.63, 3.8) is 0 Å². The van der Waals surface area contributed by atoms with Crippen molar-refractivity contribution < 1.29 is 0 Å². The van der Waals surface area contributed by atoms with Crippen LogP contribution in [0.25, 0.3) is 0 Å². The molecule has 1 saturated heterocycles. The lowest BCUT2D eigenvalue weighted by atomic mass is 10.2. The van der Waals surface area contributed by atoms with Crippen LogP contribution in [0.15, 0.2) is 18.3 Å². The van der Waals surface area contributed by atoms with E-state index in [-0.39, 0.29) is 0 Å². The maximum Gasteiger partial charge on any atom is 0.128 e. The topological polar surface area (TPSA) is 28.2 Å². The standard InChI is InChI=1S/C12H19N3/c1-3-10-4-5-12(14-8-10)15(2)11-6-7-13-9-11/h4-5,8,11,13H,3,6-7,9H2,1-2H3. The molecule has 0 aliphatic carbocycles. The summed E-state index contributed by atoms with van der Waals surface area (Å²) in [7, 11) is 2.13. The molecule has 0 amide bonds. The zero-order chi connectivity index (χ0) is 10.7. The first kappa shape index (κ1) is 10.4. The minimum absolute atomic E-state index is 0.602. The summed E-state index contributed by atoms with van der Waals surface area (Å²) in [6.45, 7) is 4.36. The second-order valence-electron chi connectivity index (χ2n) is 4.14. The predicted octanol–water partition coefficient (Wildman–Crippen LogP) is 1.44. The molecule has 15 heavy (non-hydrogen) atoms. The molecule has 0 spiro atoms. The van der Waals surface area contributed by atoms with Gasteiger partial charge in [0.1, 0.15) is 5.82 Å². The fraction of sp³-hybridized carbons (Fsp3) is 0.583. The Bertz CT molecular complexity index is 301. The Morgan fingerprint density at radius 3 is 2.93 bits per heavy atom. The molecule has 0 saturated carbocycles. The van der Waals surface area contributed by atoms with E-state index < -0.39 is 0 Å². The van der Waals surface area contributed by atoms with Crippen molar-refractivity contribution >= 4 is 5.82 Å². The van der Waals surface area contributed by atoms with Gasteiger partial charge in [0, 0.05) is 25.8 Å². The summed E-state index contributed by atoms with van der Waals surface area (Å²) in [5.74, 6) is 1.08. The lowest BCUT2D eigenvalue weighted by molar-refractivity contribution is 0.677. The molecule has 1 N–H and O–H groups in total. The molecule has 0 bridgehead atoms. The summed E-state index contributed by atoms with van der Waals surface area (Å²) in [5, 5.41) is 3.38. The van der Waals surface area contributed by atoms with Gasteiger partial charge in [0.05, 0.1) is 0 Å². The van der Waals surface area contributed by atoms with Crippen molar-refractivity contribution in [2.75, 3.05) is 25.0 Å². The molecule has 3 nitrogen and oxygen atoms in total. The lowest BCUT2D eigenvalue weighted by Gasteiger charge is -2.24. The minimum Gasteiger partial charge on any atom is -0.355 e. The van der Waals surface area contributed by atoms with Gasteiger partial charge in [0.2, 0.25) is 0 Å². The van der Waals surface area contributed by atoms with Crippen molar-refractivity contribution in [3.8, 4) is 0 Å². The molecule has 1 aromatic rings. The average molecular weight is 205 g/mol. The number of anilines is 1. The molecule has 1 atom stereocenters. The summed E-state index contributed by atoms with van der Waals surface area (Å²) in [6, 6.07) is 4.89. The van der Waals surface area contributed by atoms with Crippen LogP contribution in [0.2, 0.25) is 0 Å². The zero-order valence-corrected chi connectivity index (χ0v) is 9.53. The molecule has 1 aliphatic rings. The molecule has 1 unspecified atom stereocenters. The van der Waals surface area contributed by atoms with Gasteiger partial charge in [0.25, 0.3) is 0 Å². The van der Waals surface area contributed by atoms with Crippen LogP contribution in [0.4, 0.5) is 5.82 Å². The SMILES string of the molecule is CCc1ccc(N(C)C2CCNC2)nc1. The van der Waals surface area contributed by atoms with Crippen LogP contribution in [0.3, 0.4) is 0 Å². The highest BCUT2D eigenvalue weighted by Gasteiger charge is 2.19. The van der Waals surface area contributed by atoms with Gasteiger partial charge in [-0.3, -0.25) is 0 Å². The number of hydrogen-bond donors (Lipinski definition) is 1. The van der Waals surface area contributed by atoms with Crippen molar-refractivity contribution in [3.05, 3.63) is 23.9 Å². The summed E-state index contributed by atoms with van der Waals surface area (Å²) in [6.07, 6.45) is 4.25. The number of likely N-dealkylation sites (N-methyl/N-ethyl adjacent to an activating group) is 1. The summed E-state index contributed by atoms with van der Waals surface area (Å²) in [4.78, 5) is 6.77. The Labute approximate surface area is 91.5 Å². The molecule has 2 rings (SSSR count). The number of hydrogen-bond acceptors (Lipinski definition) is 3. The van der Waals surface area contributed by atoms with Crippen LogP contribution in [-0.2, 0) is 6.42 Å². The third-order valence-corrected chi connectivity index (χ3v) is 3.16. The minimum atomic E-state index is 0.602. The highest BCUT2D eigenvalue weighted by Crippen LogP contribution is 2.16. The first-order valence-corrected chi connectivity index (χ1v) is 5.69. The van der Waals surface area contributed by atoms with E-state index in [0.29, 0.717) is 6.04 Å². The normalized spacial score (nSPS) is 20.5. The van der Waals surface area contributed by atoms with E-state index in [1.165, 1.54) is 12.0 Å². The molecular formula is C12H19N3. The van der Waals surface area contributed by atoms with E-state index in [4.69, 9.17) is 0 Å². The number of aryl methyl sites for hydroxylation is 1. The Kier molecular flexibility index (Phi) is 3.21. The van der Waals surface area contributed by atoms with Gasteiger partial charge in [-0.05, 0) is 31.0 Å². The molecule has 0 radical (unpaired) electrons. The molecule has 1 fully saturated rings. The van der Waals surface area contributed by atoms with Crippen molar-refractivity contribution in [1.82, 2.24) is 10.3 Å². The third-order valence-electron chi connectivity index (χ3n) is 3.16. The van der Waals surface area contributed by atoms with Crippen LogP contribution >= 0.6 is 0 Å². The van der Waals surface area contributed by atoms with Crippen LogP contribution < -0.4 is 10.2 Å². The highest BCUT2D eigenvalue weighted by atomic mass is 15.2. The van der Waals surface area contributed by atoms with E-state index in [2.05, 4.69) is 41.3 Å².